The van der Waals surface area contributed by atoms with Crippen LogP contribution in [0.1, 0.15) is 31.4 Å². The van der Waals surface area contributed by atoms with Crippen molar-refractivity contribution < 1.29 is 22.7 Å². The molecular weight excluding hydrogens is 478 g/mol. The number of carbonyl (C=O) groups is 2. The highest BCUT2D eigenvalue weighted by Gasteiger charge is 2.30. The van der Waals surface area contributed by atoms with Gasteiger partial charge in [-0.05, 0) is 44.0 Å². The normalized spacial score (nSPS) is 12.1. The highest BCUT2D eigenvalue weighted by molar-refractivity contribution is 7.92. The Hall–Kier alpha value is -2.78. The molecule has 8 nitrogen and oxygen atoms in total. The number of amides is 2. The van der Waals surface area contributed by atoms with Gasteiger partial charge in [-0.15, -0.1) is 0 Å². The first kappa shape index (κ1) is 27.5. The van der Waals surface area contributed by atoms with Crippen molar-refractivity contribution in [2.75, 3.05) is 30.8 Å². The van der Waals surface area contributed by atoms with Crippen LogP contribution in [0.25, 0.3) is 0 Å². The summed E-state index contributed by atoms with van der Waals surface area (Å²) in [6.07, 6.45) is 1.77. The van der Waals surface area contributed by atoms with E-state index in [1.165, 1.54) is 30.2 Å². The van der Waals surface area contributed by atoms with E-state index in [-0.39, 0.29) is 23.2 Å². The summed E-state index contributed by atoms with van der Waals surface area (Å²) in [7, 11) is -2.38. The Morgan fingerprint density at radius 2 is 1.79 bits per heavy atom. The summed E-state index contributed by atoms with van der Waals surface area (Å²) in [6, 6.07) is 11.3. The maximum absolute atomic E-state index is 13.5. The number of nitrogens with one attached hydrogen (secondary N) is 1. The van der Waals surface area contributed by atoms with Crippen molar-refractivity contribution in [3.8, 4) is 5.75 Å². The smallest absolute Gasteiger partial charge is 0.244 e. The molecule has 0 radical (unpaired) electrons. The number of carbonyl (C=O) groups excluding carboxylic acids is 2. The number of sulfonamides is 1. The van der Waals surface area contributed by atoms with Crippen LogP contribution < -0.4 is 14.4 Å². The van der Waals surface area contributed by atoms with Crippen LogP contribution in [-0.4, -0.2) is 57.6 Å². The molecule has 0 heterocycles. The first-order chi connectivity index (χ1) is 16.0. The van der Waals surface area contributed by atoms with Crippen LogP contribution in [0, 0.1) is 6.92 Å². The number of halogens is 1. The maximum atomic E-state index is 13.5. The van der Waals surface area contributed by atoms with Crippen molar-refractivity contribution in [2.24, 2.45) is 0 Å². The van der Waals surface area contributed by atoms with Crippen molar-refractivity contribution >= 4 is 39.1 Å². The lowest BCUT2D eigenvalue weighted by Crippen LogP contribution is -2.51. The van der Waals surface area contributed by atoms with E-state index in [0.717, 1.165) is 28.1 Å². The number of hydrogen-bond donors (Lipinski definition) is 1. The molecule has 0 aliphatic carbocycles. The average molecular weight is 510 g/mol. The summed E-state index contributed by atoms with van der Waals surface area (Å²) in [5.74, 6) is -0.440. The van der Waals surface area contributed by atoms with Gasteiger partial charge in [0.2, 0.25) is 21.8 Å². The molecule has 186 valence electrons. The van der Waals surface area contributed by atoms with Gasteiger partial charge in [0.15, 0.2) is 0 Å². The Labute approximate surface area is 206 Å². The molecule has 0 spiro atoms. The zero-order chi connectivity index (χ0) is 25.5. The number of anilines is 1. The molecular formula is C24H32ClN3O5S. The molecule has 2 aromatic carbocycles. The number of ether oxygens (including phenoxy) is 1. The second-order valence-corrected chi connectivity index (χ2v) is 10.4. The van der Waals surface area contributed by atoms with Gasteiger partial charge in [-0.25, -0.2) is 8.42 Å². The SMILES string of the molecule is CCCNC(=O)C(C)N(Cc1ccc(C)cc1)C(=O)CN(c1ccc(OC)c(Cl)c1)S(C)(=O)=O. The molecule has 2 amide bonds. The largest absolute Gasteiger partial charge is 0.495 e. The third-order valence-electron chi connectivity index (χ3n) is 5.29. The van der Waals surface area contributed by atoms with E-state index in [2.05, 4.69) is 5.32 Å². The van der Waals surface area contributed by atoms with Crippen LogP contribution in [0.5, 0.6) is 5.75 Å². The van der Waals surface area contributed by atoms with Gasteiger partial charge in [-0.1, -0.05) is 48.4 Å². The minimum absolute atomic E-state index is 0.154. The van der Waals surface area contributed by atoms with Crippen LogP contribution in [0.2, 0.25) is 5.02 Å². The quantitative estimate of drug-likeness (QED) is 0.501. The van der Waals surface area contributed by atoms with Crippen LogP contribution >= 0.6 is 11.6 Å². The van der Waals surface area contributed by atoms with E-state index in [4.69, 9.17) is 16.3 Å². The zero-order valence-electron chi connectivity index (χ0n) is 20.2. The number of rotatable bonds is 11. The standard InChI is InChI=1S/C24H32ClN3O5S/c1-6-13-26-24(30)18(3)27(15-19-9-7-17(2)8-10-19)23(29)16-28(34(5,31)32)20-11-12-22(33-4)21(25)14-20/h7-12,14,18H,6,13,15-16H2,1-5H3,(H,26,30). The van der Waals surface area contributed by atoms with Gasteiger partial charge >= 0.3 is 0 Å². The Kier molecular flexibility index (Phi) is 9.76. The predicted molar refractivity (Wildman–Crippen MR) is 135 cm³/mol. The lowest BCUT2D eigenvalue weighted by atomic mass is 10.1. The molecule has 0 aromatic heterocycles. The highest BCUT2D eigenvalue weighted by Crippen LogP contribution is 2.30. The summed E-state index contributed by atoms with van der Waals surface area (Å²) in [5.41, 5.74) is 2.11. The Bertz CT molecular complexity index is 1110. The number of hydrogen-bond acceptors (Lipinski definition) is 5. The van der Waals surface area contributed by atoms with E-state index in [9.17, 15) is 18.0 Å². The molecule has 0 fully saturated rings. The molecule has 0 saturated carbocycles. The predicted octanol–water partition coefficient (Wildman–Crippen LogP) is 3.37. The van der Waals surface area contributed by atoms with Gasteiger partial charge in [-0.2, -0.15) is 0 Å². The molecule has 2 aromatic rings. The summed E-state index contributed by atoms with van der Waals surface area (Å²) in [4.78, 5) is 27.5. The second-order valence-electron chi connectivity index (χ2n) is 8.06. The molecule has 10 heteroatoms. The fraction of sp³-hybridized carbons (Fsp3) is 0.417. The van der Waals surface area contributed by atoms with Crippen molar-refractivity contribution in [3.05, 3.63) is 58.6 Å². The molecule has 0 aliphatic heterocycles. The van der Waals surface area contributed by atoms with Gasteiger partial charge in [-0.3, -0.25) is 13.9 Å². The number of benzene rings is 2. The monoisotopic (exact) mass is 509 g/mol. The maximum Gasteiger partial charge on any atom is 0.244 e. The molecule has 0 aliphatic rings. The second kappa shape index (κ2) is 12.1. The summed E-state index contributed by atoms with van der Waals surface area (Å²) in [5, 5.41) is 3.01. The summed E-state index contributed by atoms with van der Waals surface area (Å²) >= 11 is 6.19. The van der Waals surface area contributed by atoms with E-state index in [0.29, 0.717) is 12.3 Å². The number of aryl methyl sites for hydroxylation is 1. The van der Waals surface area contributed by atoms with Crippen LogP contribution in [-0.2, 0) is 26.2 Å². The highest BCUT2D eigenvalue weighted by atomic mass is 35.5. The lowest BCUT2D eigenvalue weighted by Gasteiger charge is -2.31. The molecule has 0 saturated heterocycles. The van der Waals surface area contributed by atoms with E-state index >= 15 is 0 Å². The first-order valence-electron chi connectivity index (χ1n) is 10.9. The van der Waals surface area contributed by atoms with Crippen molar-refractivity contribution in [2.45, 2.75) is 39.8 Å². The molecule has 1 N–H and O–H groups in total. The van der Waals surface area contributed by atoms with Crippen molar-refractivity contribution in [1.29, 1.82) is 0 Å². The summed E-state index contributed by atoms with van der Waals surface area (Å²) in [6.45, 7) is 5.67. The minimum Gasteiger partial charge on any atom is -0.495 e. The van der Waals surface area contributed by atoms with Crippen molar-refractivity contribution in [3.63, 3.8) is 0 Å². The van der Waals surface area contributed by atoms with Gasteiger partial charge in [0.25, 0.3) is 0 Å². The number of nitrogens with zero attached hydrogens (tertiary/aromatic N) is 2. The molecule has 2 rings (SSSR count). The third kappa shape index (κ3) is 7.36. The number of methoxy groups -OCH3 is 1. The van der Waals surface area contributed by atoms with E-state index in [1.807, 2.05) is 38.1 Å². The third-order valence-corrected chi connectivity index (χ3v) is 6.73. The van der Waals surface area contributed by atoms with Gasteiger partial charge in [0.1, 0.15) is 18.3 Å². The van der Waals surface area contributed by atoms with Gasteiger partial charge < -0.3 is 15.0 Å². The van der Waals surface area contributed by atoms with Crippen LogP contribution in [0.4, 0.5) is 5.69 Å². The minimum atomic E-state index is -3.84. The van der Waals surface area contributed by atoms with Crippen molar-refractivity contribution in [1.82, 2.24) is 10.2 Å². The van der Waals surface area contributed by atoms with Gasteiger partial charge in [0, 0.05) is 13.1 Å². The van der Waals surface area contributed by atoms with E-state index < -0.39 is 28.5 Å². The lowest BCUT2D eigenvalue weighted by molar-refractivity contribution is -0.139. The summed E-state index contributed by atoms with van der Waals surface area (Å²) < 4.78 is 31.3. The zero-order valence-corrected chi connectivity index (χ0v) is 21.7. The fourth-order valence-electron chi connectivity index (χ4n) is 3.29. The average Bonchev–Trinajstić information content (AvgIpc) is 2.79. The Morgan fingerprint density at radius 3 is 2.32 bits per heavy atom. The topological polar surface area (TPSA) is 96.0 Å². The van der Waals surface area contributed by atoms with E-state index in [1.54, 1.807) is 6.92 Å². The van der Waals surface area contributed by atoms with Gasteiger partial charge in [0.05, 0.1) is 24.1 Å². The van der Waals surface area contributed by atoms with Crippen LogP contribution in [0.15, 0.2) is 42.5 Å². The molecule has 1 atom stereocenters. The Balaban J connectivity index is 2.38. The Morgan fingerprint density at radius 1 is 1.15 bits per heavy atom. The first-order valence-corrected chi connectivity index (χ1v) is 13.1. The van der Waals surface area contributed by atoms with Crippen LogP contribution in [0.3, 0.4) is 0 Å². The molecule has 0 bridgehead atoms. The molecule has 34 heavy (non-hydrogen) atoms. The molecule has 1 unspecified atom stereocenters. The fourth-order valence-corrected chi connectivity index (χ4v) is 4.39.